The number of carbonyl (C=O) groups excluding carboxylic acids is 2. The van der Waals surface area contributed by atoms with Crippen LogP contribution in [0.2, 0.25) is 0 Å². The zero-order valence-electron chi connectivity index (χ0n) is 16.4. The van der Waals surface area contributed by atoms with Gasteiger partial charge in [-0.3, -0.25) is 9.48 Å². The van der Waals surface area contributed by atoms with Gasteiger partial charge in [0.1, 0.15) is 0 Å². The second kappa shape index (κ2) is 6.41. The fourth-order valence-electron chi connectivity index (χ4n) is 4.13. The van der Waals surface area contributed by atoms with Crippen molar-refractivity contribution in [1.82, 2.24) is 15.1 Å². The van der Waals surface area contributed by atoms with Crippen LogP contribution in [0.5, 0.6) is 0 Å². The molecule has 0 fully saturated rings. The fraction of sp³-hybridized carbons (Fsp3) is 0.550. The Bertz CT molecular complexity index is 842. The molecule has 1 aromatic rings. The monoisotopic (exact) mass is 357 g/mol. The maximum Gasteiger partial charge on any atom is 0.336 e. The zero-order chi connectivity index (χ0) is 19.2. The maximum absolute atomic E-state index is 13.1. The van der Waals surface area contributed by atoms with Gasteiger partial charge in [-0.05, 0) is 32.6 Å². The van der Waals surface area contributed by atoms with Crippen molar-refractivity contribution in [2.45, 2.75) is 53.4 Å². The van der Waals surface area contributed by atoms with E-state index in [-0.39, 0.29) is 17.2 Å². The number of carbonyl (C=O) groups is 2. The molecule has 0 bridgehead atoms. The minimum atomic E-state index is -0.428. The van der Waals surface area contributed by atoms with Crippen LogP contribution >= 0.6 is 0 Å². The molecule has 1 aliphatic carbocycles. The van der Waals surface area contributed by atoms with Crippen molar-refractivity contribution in [2.24, 2.45) is 12.5 Å². The normalized spacial score (nSPS) is 22.2. The summed E-state index contributed by atoms with van der Waals surface area (Å²) in [6.45, 7) is 10.1. The zero-order valence-corrected chi connectivity index (χ0v) is 16.4. The summed E-state index contributed by atoms with van der Waals surface area (Å²) in [5, 5.41) is 7.76. The van der Waals surface area contributed by atoms with Crippen LogP contribution in [0.25, 0.3) is 0 Å². The van der Waals surface area contributed by atoms with Gasteiger partial charge in [0, 0.05) is 42.2 Å². The van der Waals surface area contributed by atoms with E-state index >= 15 is 0 Å². The van der Waals surface area contributed by atoms with E-state index in [4.69, 9.17) is 4.74 Å². The number of aromatic nitrogens is 2. The van der Waals surface area contributed by atoms with E-state index < -0.39 is 5.92 Å². The summed E-state index contributed by atoms with van der Waals surface area (Å²) in [6.07, 6.45) is 3.14. The second-order valence-electron chi connectivity index (χ2n) is 7.99. The van der Waals surface area contributed by atoms with Crippen LogP contribution in [-0.4, -0.2) is 28.1 Å². The number of dihydropyridines is 1. The van der Waals surface area contributed by atoms with Crippen molar-refractivity contribution in [3.05, 3.63) is 40.0 Å². The predicted molar refractivity (Wildman–Crippen MR) is 98.2 cm³/mol. The summed E-state index contributed by atoms with van der Waals surface area (Å²) in [4.78, 5) is 25.8. The molecule has 2 aliphatic rings. The molecular formula is C20H27N3O3. The molecule has 6 heteroatoms. The average molecular weight is 357 g/mol. The summed E-state index contributed by atoms with van der Waals surface area (Å²) in [5.41, 5.74) is 4.48. The third-order valence-corrected chi connectivity index (χ3v) is 5.10. The molecule has 0 spiro atoms. The van der Waals surface area contributed by atoms with E-state index in [0.29, 0.717) is 24.2 Å². The smallest absolute Gasteiger partial charge is 0.336 e. The van der Waals surface area contributed by atoms with Gasteiger partial charge in [0.15, 0.2) is 5.78 Å². The van der Waals surface area contributed by atoms with E-state index in [0.717, 1.165) is 29.1 Å². The second-order valence-corrected chi connectivity index (χ2v) is 7.99. The van der Waals surface area contributed by atoms with Gasteiger partial charge >= 0.3 is 5.97 Å². The Labute approximate surface area is 154 Å². The van der Waals surface area contributed by atoms with Gasteiger partial charge in [-0.15, -0.1) is 0 Å². The summed E-state index contributed by atoms with van der Waals surface area (Å²) in [5.74, 6) is -0.719. The summed E-state index contributed by atoms with van der Waals surface area (Å²) in [6, 6.07) is 0. The van der Waals surface area contributed by atoms with Crippen molar-refractivity contribution >= 4 is 11.8 Å². The van der Waals surface area contributed by atoms with Gasteiger partial charge in [-0.1, -0.05) is 13.8 Å². The number of nitrogens with zero attached hydrogens (tertiary/aromatic N) is 2. The average Bonchev–Trinajstić information content (AvgIpc) is 2.82. The summed E-state index contributed by atoms with van der Waals surface area (Å²) >= 11 is 0. The number of hydrogen-bond acceptors (Lipinski definition) is 5. The maximum atomic E-state index is 13.1. The van der Waals surface area contributed by atoms with Crippen LogP contribution in [0.15, 0.2) is 28.7 Å². The highest BCUT2D eigenvalue weighted by Crippen LogP contribution is 2.47. The molecule has 1 atom stereocenters. The molecule has 0 aromatic carbocycles. The van der Waals surface area contributed by atoms with Gasteiger partial charge in [0.25, 0.3) is 0 Å². The van der Waals surface area contributed by atoms with Crippen molar-refractivity contribution in [3.63, 3.8) is 0 Å². The van der Waals surface area contributed by atoms with E-state index in [1.807, 2.05) is 27.1 Å². The third kappa shape index (κ3) is 3.08. The third-order valence-electron chi connectivity index (χ3n) is 5.10. The molecule has 0 radical (unpaired) electrons. The Balaban J connectivity index is 2.20. The summed E-state index contributed by atoms with van der Waals surface area (Å²) < 4.78 is 7.03. The largest absolute Gasteiger partial charge is 0.463 e. The summed E-state index contributed by atoms with van der Waals surface area (Å²) in [7, 11) is 1.85. The van der Waals surface area contributed by atoms with Crippen LogP contribution in [-0.2, 0) is 21.4 Å². The van der Waals surface area contributed by atoms with Gasteiger partial charge < -0.3 is 10.1 Å². The first kappa shape index (κ1) is 18.4. The molecule has 0 unspecified atom stereocenters. The van der Waals surface area contributed by atoms with E-state index in [9.17, 15) is 9.59 Å². The van der Waals surface area contributed by atoms with Gasteiger partial charge in [-0.2, -0.15) is 5.10 Å². The Kier molecular flexibility index (Phi) is 4.54. The standard InChI is InChI=1S/C20H27N3O3/c1-7-26-19(25)16-12(3)21-14-8-20(4,5)9-15(24)18(14)17(16)13-10-23(6)22-11(13)2/h10,17,21H,7-9H2,1-6H3/t17-/m0/s1. The van der Waals surface area contributed by atoms with Gasteiger partial charge in [0.05, 0.1) is 23.8 Å². The predicted octanol–water partition coefficient (Wildman–Crippen LogP) is 2.90. The highest BCUT2D eigenvalue weighted by molar-refractivity contribution is 6.04. The van der Waals surface area contributed by atoms with Crippen LogP contribution in [0.1, 0.15) is 57.7 Å². The lowest BCUT2D eigenvalue weighted by Gasteiger charge is -2.39. The molecule has 1 aliphatic heterocycles. The van der Waals surface area contributed by atoms with Crippen molar-refractivity contribution in [3.8, 4) is 0 Å². The first-order chi connectivity index (χ1) is 12.1. The van der Waals surface area contributed by atoms with Gasteiger partial charge in [-0.25, -0.2) is 4.79 Å². The minimum Gasteiger partial charge on any atom is -0.463 e. The Morgan fingerprint density at radius 1 is 1.38 bits per heavy atom. The Morgan fingerprint density at radius 2 is 2.08 bits per heavy atom. The molecule has 0 saturated heterocycles. The molecule has 2 heterocycles. The van der Waals surface area contributed by atoms with Crippen molar-refractivity contribution in [1.29, 1.82) is 0 Å². The molecule has 3 rings (SSSR count). The Morgan fingerprint density at radius 3 is 2.65 bits per heavy atom. The lowest BCUT2D eigenvalue weighted by molar-refractivity contribution is -0.138. The van der Waals surface area contributed by atoms with Gasteiger partial charge in [0.2, 0.25) is 0 Å². The number of nitrogens with one attached hydrogen (secondary N) is 1. The van der Waals surface area contributed by atoms with E-state index in [1.165, 1.54) is 0 Å². The fourth-order valence-corrected chi connectivity index (χ4v) is 4.13. The number of ketones is 1. The molecule has 140 valence electrons. The first-order valence-electron chi connectivity index (χ1n) is 9.06. The number of aryl methyl sites for hydroxylation is 2. The first-order valence-corrected chi connectivity index (χ1v) is 9.06. The number of allylic oxidation sites excluding steroid dienone is 3. The van der Waals surface area contributed by atoms with E-state index in [1.54, 1.807) is 11.6 Å². The number of hydrogen-bond donors (Lipinski definition) is 1. The Hall–Kier alpha value is -2.37. The molecule has 0 saturated carbocycles. The molecular weight excluding hydrogens is 330 g/mol. The van der Waals surface area contributed by atoms with Crippen molar-refractivity contribution < 1.29 is 14.3 Å². The number of rotatable bonds is 3. The van der Waals surface area contributed by atoms with Crippen LogP contribution in [0.3, 0.4) is 0 Å². The number of ether oxygens (including phenoxy) is 1. The number of Topliss-reactive ketones (excluding diaryl/α,β-unsaturated/α-hetero) is 1. The molecule has 6 nitrogen and oxygen atoms in total. The number of esters is 1. The van der Waals surface area contributed by atoms with Crippen LogP contribution < -0.4 is 5.32 Å². The topological polar surface area (TPSA) is 73.2 Å². The molecule has 1 N–H and O–H groups in total. The molecule has 1 aromatic heterocycles. The quantitative estimate of drug-likeness (QED) is 0.842. The highest BCUT2D eigenvalue weighted by Gasteiger charge is 2.43. The van der Waals surface area contributed by atoms with Crippen molar-refractivity contribution in [2.75, 3.05) is 6.61 Å². The molecule has 26 heavy (non-hydrogen) atoms. The highest BCUT2D eigenvalue weighted by atomic mass is 16.5. The lowest BCUT2D eigenvalue weighted by atomic mass is 9.68. The SMILES string of the molecule is CCOC(=O)C1=C(C)NC2=C(C(=O)CC(C)(C)C2)[C@H]1c1cn(C)nc1C. The lowest BCUT2D eigenvalue weighted by Crippen LogP contribution is -2.38. The van der Waals surface area contributed by atoms with Crippen LogP contribution in [0.4, 0.5) is 0 Å². The minimum absolute atomic E-state index is 0.0892. The molecule has 0 amide bonds. The van der Waals surface area contributed by atoms with Crippen LogP contribution in [0, 0.1) is 12.3 Å². The van der Waals surface area contributed by atoms with E-state index in [2.05, 4.69) is 24.3 Å².